The standard InChI is InChI=1S/C13H12ClF3N2O3S/c1-3-7-22-18-11(4-2)10-8-9(14)5-6-12(10)19-23(20,21)13(15,16)17/h1,5-6,8,19H,4,7H2,2H3/b18-11+. The van der Waals surface area contributed by atoms with Crippen LogP contribution < -0.4 is 4.72 Å². The Balaban J connectivity index is 3.31. The van der Waals surface area contributed by atoms with Crippen LogP contribution >= 0.6 is 11.6 Å². The third-order valence-corrected chi connectivity index (χ3v) is 3.83. The van der Waals surface area contributed by atoms with Crippen LogP contribution in [-0.4, -0.2) is 26.2 Å². The van der Waals surface area contributed by atoms with Gasteiger partial charge in [0.15, 0.2) is 6.61 Å². The molecule has 0 radical (unpaired) electrons. The topological polar surface area (TPSA) is 67.8 Å². The van der Waals surface area contributed by atoms with Crippen LogP contribution in [0.3, 0.4) is 0 Å². The van der Waals surface area contributed by atoms with Crippen molar-refractivity contribution >= 4 is 33.0 Å². The fourth-order valence-corrected chi connectivity index (χ4v) is 2.25. The van der Waals surface area contributed by atoms with Crippen LogP contribution in [0, 0.1) is 12.3 Å². The molecule has 0 atom stereocenters. The Morgan fingerprint density at radius 1 is 1.48 bits per heavy atom. The maximum Gasteiger partial charge on any atom is 0.516 e. The van der Waals surface area contributed by atoms with Gasteiger partial charge in [-0.1, -0.05) is 29.6 Å². The number of anilines is 1. The zero-order valence-electron chi connectivity index (χ0n) is 11.8. The van der Waals surface area contributed by atoms with Gasteiger partial charge in [-0.3, -0.25) is 4.72 Å². The van der Waals surface area contributed by atoms with E-state index in [-0.39, 0.29) is 35.0 Å². The van der Waals surface area contributed by atoms with E-state index in [9.17, 15) is 21.6 Å². The molecule has 1 rings (SSSR count). The molecule has 0 heterocycles. The number of nitrogens with one attached hydrogen (secondary N) is 1. The molecule has 0 amide bonds. The van der Waals surface area contributed by atoms with E-state index in [4.69, 9.17) is 22.9 Å². The Morgan fingerprint density at radius 3 is 2.65 bits per heavy atom. The van der Waals surface area contributed by atoms with Crippen molar-refractivity contribution in [3.8, 4) is 12.3 Å². The summed E-state index contributed by atoms with van der Waals surface area (Å²) in [5.74, 6) is 2.17. The highest BCUT2D eigenvalue weighted by Crippen LogP contribution is 2.29. The van der Waals surface area contributed by atoms with E-state index < -0.39 is 15.5 Å². The lowest BCUT2D eigenvalue weighted by Gasteiger charge is -2.15. The second kappa shape index (κ2) is 7.57. The number of benzene rings is 1. The first-order valence-corrected chi connectivity index (χ1v) is 7.99. The van der Waals surface area contributed by atoms with E-state index in [0.29, 0.717) is 0 Å². The van der Waals surface area contributed by atoms with E-state index in [1.54, 1.807) is 6.92 Å². The summed E-state index contributed by atoms with van der Waals surface area (Å²) in [7, 11) is -5.57. The molecule has 126 valence electrons. The molecule has 1 aromatic carbocycles. The van der Waals surface area contributed by atoms with Gasteiger partial charge < -0.3 is 4.84 Å². The number of oxime groups is 1. The van der Waals surface area contributed by atoms with Gasteiger partial charge >= 0.3 is 15.5 Å². The van der Waals surface area contributed by atoms with E-state index in [1.165, 1.54) is 16.9 Å². The molecule has 23 heavy (non-hydrogen) atoms. The predicted octanol–water partition coefficient (Wildman–Crippen LogP) is 3.37. The molecule has 0 aromatic heterocycles. The van der Waals surface area contributed by atoms with Crippen molar-refractivity contribution in [1.29, 1.82) is 0 Å². The summed E-state index contributed by atoms with van der Waals surface area (Å²) >= 11 is 5.81. The first-order chi connectivity index (χ1) is 10.6. The fourth-order valence-electron chi connectivity index (χ4n) is 1.50. The Kier molecular flexibility index (Phi) is 6.29. The summed E-state index contributed by atoms with van der Waals surface area (Å²) in [6.07, 6.45) is 5.24. The maximum absolute atomic E-state index is 12.5. The third kappa shape index (κ3) is 5.04. The second-order valence-electron chi connectivity index (χ2n) is 4.11. The van der Waals surface area contributed by atoms with Crippen LogP contribution in [0.4, 0.5) is 18.9 Å². The minimum Gasteiger partial charge on any atom is -0.382 e. The Labute approximate surface area is 136 Å². The highest BCUT2D eigenvalue weighted by Gasteiger charge is 2.46. The van der Waals surface area contributed by atoms with Crippen molar-refractivity contribution in [3.05, 3.63) is 28.8 Å². The minimum atomic E-state index is -5.57. The lowest BCUT2D eigenvalue weighted by atomic mass is 10.1. The largest absolute Gasteiger partial charge is 0.516 e. The normalized spacial score (nSPS) is 12.6. The fraction of sp³-hybridized carbons (Fsp3) is 0.308. The molecule has 0 aliphatic carbocycles. The number of sulfonamides is 1. The van der Waals surface area contributed by atoms with E-state index >= 15 is 0 Å². The first kappa shape index (κ1) is 19.1. The summed E-state index contributed by atoms with van der Waals surface area (Å²) in [6, 6.07) is 3.62. The van der Waals surface area contributed by atoms with Gasteiger partial charge in [-0.25, -0.2) is 0 Å². The minimum absolute atomic E-state index is 0.0600. The van der Waals surface area contributed by atoms with Gasteiger partial charge in [-0.15, -0.1) is 6.42 Å². The Hall–Kier alpha value is -1.92. The van der Waals surface area contributed by atoms with Gasteiger partial charge in [0, 0.05) is 10.6 Å². The maximum atomic E-state index is 12.5. The lowest BCUT2D eigenvalue weighted by molar-refractivity contribution is -0.0429. The molecule has 0 bridgehead atoms. The van der Waals surface area contributed by atoms with Gasteiger partial charge in [0.2, 0.25) is 0 Å². The van der Waals surface area contributed by atoms with Gasteiger partial charge in [-0.05, 0) is 24.6 Å². The van der Waals surface area contributed by atoms with Crippen LogP contribution in [0.5, 0.6) is 0 Å². The molecule has 0 fully saturated rings. The van der Waals surface area contributed by atoms with Crippen LogP contribution in [-0.2, 0) is 14.9 Å². The van der Waals surface area contributed by atoms with Crippen molar-refractivity contribution < 1.29 is 26.4 Å². The molecular formula is C13H12ClF3N2O3S. The second-order valence-corrected chi connectivity index (χ2v) is 6.22. The number of hydrogen-bond acceptors (Lipinski definition) is 4. The van der Waals surface area contributed by atoms with Gasteiger partial charge in [0.1, 0.15) is 0 Å². The van der Waals surface area contributed by atoms with E-state index in [1.807, 2.05) is 0 Å². The van der Waals surface area contributed by atoms with Crippen LogP contribution in [0.1, 0.15) is 18.9 Å². The zero-order valence-corrected chi connectivity index (χ0v) is 13.4. The monoisotopic (exact) mass is 368 g/mol. The van der Waals surface area contributed by atoms with E-state index in [0.717, 1.165) is 6.07 Å². The van der Waals surface area contributed by atoms with Gasteiger partial charge in [0.05, 0.1) is 11.4 Å². The zero-order chi connectivity index (χ0) is 17.7. The van der Waals surface area contributed by atoms with E-state index in [2.05, 4.69) is 11.1 Å². The number of terminal acetylenes is 1. The summed E-state index contributed by atoms with van der Waals surface area (Å²) < 4.78 is 61.5. The number of rotatable bonds is 6. The van der Waals surface area contributed by atoms with Crippen LogP contribution in [0.15, 0.2) is 23.4 Å². The number of nitrogens with zero attached hydrogens (tertiary/aromatic N) is 1. The Morgan fingerprint density at radius 2 is 2.13 bits per heavy atom. The summed E-state index contributed by atoms with van der Waals surface area (Å²) in [5.41, 5.74) is -5.53. The van der Waals surface area contributed by atoms with Crippen molar-refractivity contribution in [1.82, 2.24) is 0 Å². The number of hydrogen-bond donors (Lipinski definition) is 1. The highest BCUT2D eigenvalue weighted by atomic mass is 35.5. The van der Waals surface area contributed by atoms with Crippen molar-refractivity contribution in [2.24, 2.45) is 5.16 Å². The average molecular weight is 369 g/mol. The quantitative estimate of drug-likeness (QED) is 0.362. The summed E-state index contributed by atoms with van der Waals surface area (Å²) in [5, 5.41) is 3.88. The molecular weight excluding hydrogens is 357 g/mol. The molecule has 10 heteroatoms. The first-order valence-electron chi connectivity index (χ1n) is 6.13. The smallest absolute Gasteiger partial charge is 0.382 e. The molecule has 0 unspecified atom stereocenters. The Bertz CT molecular complexity index is 740. The van der Waals surface area contributed by atoms with Crippen molar-refractivity contribution in [2.75, 3.05) is 11.3 Å². The molecule has 1 N–H and O–H groups in total. The SMILES string of the molecule is C#CCO/N=C(\CC)c1cc(Cl)ccc1NS(=O)(=O)C(F)(F)F. The van der Waals surface area contributed by atoms with Gasteiger partial charge in [-0.2, -0.15) is 21.6 Å². The molecule has 0 spiro atoms. The number of alkyl halides is 3. The van der Waals surface area contributed by atoms with Crippen LogP contribution in [0.2, 0.25) is 5.02 Å². The van der Waals surface area contributed by atoms with Crippen LogP contribution in [0.25, 0.3) is 0 Å². The third-order valence-electron chi connectivity index (χ3n) is 2.50. The molecule has 0 aliphatic heterocycles. The van der Waals surface area contributed by atoms with Gasteiger partial charge in [0.25, 0.3) is 0 Å². The average Bonchev–Trinajstić information content (AvgIpc) is 2.44. The molecule has 0 aliphatic rings. The van der Waals surface area contributed by atoms with Crippen molar-refractivity contribution in [3.63, 3.8) is 0 Å². The lowest BCUT2D eigenvalue weighted by Crippen LogP contribution is -2.30. The van der Waals surface area contributed by atoms with Crippen molar-refractivity contribution in [2.45, 2.75) is 18.9 Å². The molecule has 0 saturated heterocycles. The predicted molar refractivity (Wildman–Crippen MR) is 81.7 cm³/mol. The highest BCUT2D eigenvalue weighted by molar-refractivity contribution is 7.93. The number of halogens is 4. The summed E-state index contributed by atoms with van der Waals surface area (Å²) in [6.45, 7) is 1.51. The summed E-state index contributed by atoms with van der Waals surface area (Å²) in [4.78, 5) is 4.79. The molecule has 0 saturated carbocycles. The molecule has 5 nitrogen and oxygen atoms in total. The molecule has 1 aromatic rings.